The molecule has 0 amide bonds. The summed E-state index contributed by atoms with van der Waals surface area (Å²) in [5.74, 6) is 2.32. The standard InChI is InChI=1S/C30H50O/c1-20(2)10-9-11-21(3)22-14-18-30(8)24-12-13-25-27(4,5)26(31)16-17-28(25,6)23(24)15-19-29(22,30)7/h10,21-22,25-26,31H,9,11-19H2,1-8H3/t21?,22?,25?,26?,28-,29-,30+/m1/s1. The Labute approximate surface area is 193 Å². The molecule has 176 valence electrons. The first-order chi connectivity index (χ1) is 14.4. The second kappa shape index (κ2) is 7.75. The van der Waals surface area contributed by atoms with Gasteiger partial charge in [-0.25, -0.2) is 0 Å². The van der Waals surface area contributed by atoms with Gasteiger partial charge in [0.1, 0.15) is 0 Å². The van der Waals surface area contributed by atoms with Crippen LogP contribution in [0.4, 0.5) is 0 Å². The van der Waals surface area contributed by atoms with Crippen LogP contribution in [0.1, 0.15) is 120 Å². The third kappa shape index (κ3) is 3.34. The number of fused-ring (bicyclic) bond motifs is 4. The van der Waals surface area contributed by atoms with Crippen molar-refractivity contribution in [3.05, 3.63) is 22.8 Å². The molecular weight excluding hydrogens is 376 g/mol. The molecule has 0 aliphatic heterocycles. The van der Waals surface area contributed by atoms with Crippen LogP contribution >= 0.6 is 0 Å². The number of aliphatic hydroxyl groups is 1. The predicted molar refractivity (Wildman–Crippen MR) is 133 cm³/mol. The van der Waals surface area contributed by atoms with E-state index in [2.05, 4.69) is 61.5 Å². The summed E-state index contributed by atoms with van der Waals surface area (Å²) in [6.07, 6.45) is 15.2. The summed E-state index contributed by atoms with van der Waals surface area (Å²) < 4.78 is 0. The third-order valence-electron chi connectivity index (χ3n) is 11.7. The monoisotopic (exact) mass is 426 g/mol. The van der Waals surface area contributed by atoms with E-state index in [0.29, 0.717) is 22.2 Å². The van der Waals surface area contributed by atoms with Crippen LogP contribution in [0.25, 0.3) is 0 Å². The van der Waals surface area contributed by atoms with Crippen LogP contribution in [0, 0.1) is 39.4 Å². The SMILES string of the molecule is CC(C)=CCCC(C)C1CC[C@@]2(C)C3=C(CC[C@]12C)[C@@]1(C)CCC(O)C(C)(C)C1CC3. The average molecular weight is 427 g/mol. The zero-order chi connectivity index (χ0) is 22.8. The van der Waals surface area contributed by atoms with Gasteiger partial charge < -0.3 is 5.11 Å². The maximum absolute atomic E-state index is 10.8. The number of allylic oxidation sites excluding steroid dienone is 4. The molecule has 2 fully saturated rings. The lowest BCUT2D eigenvalue weighted by molar-refractivity contribution is -0.0962. The zero-order valence-electron chi connectivity index (χ0n) is 21.9. The fraction of sp³-hybridized carbons (Fsp3) is 0.867. The van der Waals surface area contributed by atoms with Gasteiger partial charge in [0.2, 0.25) is 0 Å². The predicted octanol–water partition coefficient (Wildman–Crippen LogP) is 8.48. The Kier molecular flexibility index (Phi) is 5.90. The molecule has 0 heterocycles. The van der Waals surface area contributed by atoms with Gasteiger partial charge in [0.05, 0.1) is 6.10 Å². The third-order valence-corrected chi connectivity index (χ3v) is 11.7. The number of aliphatic hydroxyl groups excluding tert-OH is 1. The van der Waals surface area contributed by atoms with Crippen molar-refractivity contribution in [2.45, 2.75) is 126 Å². The smallest absolute Gasteiger partial charge is 0.0594 e. The molecule has 0 spiro atoms. The lowest BCUT2D eigenvalue weighted by atomic mass is 9.43. The Bertz CT molecular complexity index is 767. The van der Waals surface area contributed by atoms with E-state index in [9.17, 15) is 5.11 Å². The number of hydrogen-bond acceptors (Lipinski definition) is 1. The highest BCUT2D eigenvalue weighted by Crippen LogP contribution is 2.72. The highest BCUT2D eigenvalue weighted by molar-refractivity contribution is 5.38. The maximum Gasteiger partial charge on any atom is 0.0594 e. The molecule has 4 unspecified atom stereocenters. The number of hydrogen-bond donors (Lipinski definition) is 1. The van der Waals surface area contributed by atoms with Crippen molar-refractivity contribution >= 4 is 0 Å². The Morgan fingerprint density at radius 3 is 2.35 bits per heavy atom. The highest BCUT2D eigenvalue weighted by Gasteiger charge is 2.63. The van der Waals surface area contributed by atoms with Crippen molar-refractivity contribution in [1.82, 2.24) is 0 Å². The van der Waals surface area contributed by atoms with Crippen molar-refractivity contribution < 1.29 is 5.11 Å². The molecule has 0 aromatic carbocycles. The van der Waals surface area contributed by atoms with E-state index in [1.54, 1.807) is 0 Å². The Balaban J connectivity index is 1.65. The van der Waals surface area contributed by atoms with Gasteiger partial charge in [-0.05, 0) is 117 Å². The molecule has 1 heteroatoms. The minimum Gasteiger partial charge on any atom is -0.393 e. The molecular formula is C30H50O. The van der Waals surface area contributed by atoms with Crippen molar-refractivity contribution in [2.75, 3.05) is 0 Å². The molecule has 1 nitrogen and oxygen atoms in total. The van der Waals surface area contributed by atoms with Gasteiger partial charge in [-0.15, -0.1) is 0 Å². The maximum atomic E-state index is 10.8. The summed E-state index contributed by atoms with van der Waals surface area (Å²) in [4.78, 5) is 0. The molecule has 0 radical (unpaired) electrons. The normalized spacial score (nSPS) is 44.9. The Hall–Kier alpha value is -0.560. The topological polar surface area (TPSA) is 20.2 Å². The number of rotatable bonds is 4. The van der Waals surface area contributed by atoms with Crippen LogP contribution in [-0.2, 0) is 0 Å². The van der Waals surface area contributed by atoms with Crippen LogP contribution in [0.3, 0.4) is 0 Å². The molecule has 4 aliphatic carbocycles. The van der Waals surface area contributed by atoms with Gasteiger partial charge >= 0.3 is 0 Å². The molecule has 1 N–H and O–H groups in total. The molecule has 0 aromatic heterocycles. The summed E-state index contributed by atoms with van der Waals surface area (Å²) in [6, 6.07) is 0. The van der Waals surface area contributed by atoms with E-state index in [-0.39, 0.29) is 11.5 Å². The van der Waals surface area contributed by atoms with Crippen LogP contribution < -0.4 is 0 Å². The lowest BCUT2D eigenvalue weighted by Crippen LogP contribution is -2.55. The molecule has 0 aromatic rings. The van der Waals surface area contributed by atoms with Crippen molar-refractivity contribution in [2.24, 2.45) is 39.4 Å². The van der Waals surface area contributed by atoms with E-state index >= 15 is 0 Å². The summed E-state index contributed by atoms with van der Waals surface area (Å²) in [5, 5.41) is 10.8. The average Bonchev–Trinajstić information content (AvgIpc) is 2.96. The van der Waals surface area contributed by atoms with E-state index < -0.39 is 0 Å². The first-order valence-electron chi connectivity index (χ1n) is 13.4. The quantitative estimate of drug-likeness (QED) is 0.447. The summed E-state index contributed by atoms with van der Waals surface area (Å²) in [7, 11) is 0. The highest BCUT2D eigenvalue weighted by atomic mass is 16.3. The Morgan fingerprint density at radius 1 is 0.968 bits per heavy atom. The van der Waals surface area contributed by atoms with E-state index in [1.807, 2.05) is 11.1 Å². The van der Waals surface area contributed by atoms with Crippen LogP contribution in [-0.4, -0.2) is 11.2 Å². The molecule has 0 saturated heterocycles. The van der Waals surface area contributed by atoms with E-state index in [4.69, 9.17) is 0 Å². The van der Waals surface area contributed by atoms with E-state index in [0.717, 1.165) is 18.3 Å². The molecule has 4 rings (SSSR count). The van der Waals surface area contributed by atoms with Crippen molar-refractivity contribution in [3.63, 3.8) is 0 Å². The fourth-order valence-corrected chi connectivity index (χ4v) is 9.47. The summed E-state index contributed by atoms with van der Waals surface area (Å²) >= 11 is 0. The minimum atomic E-state index is -0.130. The zero-order valence-corrected chi connectivity index (χ0v) is 21.9. The van der Waals surface area contributed by atoms with Gasteiger partial charge in [0.25, 0.3) is 0 Å². The lowest BCUT2D eigenvalue weighted by Gasteiger charge is -2.62. The van der Waals surface area contributed by atoms with Crippen LogP contribution in [0.15, 0.2) is 22.8 Å². The molecule has 2 saturated carbocycles. The van der Waals surface area contributed by atoms with Gasteiger partial charge in [-0.3, -0.25) is 0 Å². The largest absolute Gasteiger partial charge is 0.393 e. The molecule has 31 heavy (non-hydrogen) atoms. The first kappa shape index (κ1) is 23.6. The van der Waals surface area contributed by atoms with Crippen molar-refractivity contribution in [3.8, 4) is 0 Å². The molecule has 0 bridgehead atoms. The molecule has 7 atom stereocenters. The minimum absolute atomic E-state index is 0.0465. The van der Waals surface area contributed by atoms with Crippen molar-refractivity contribution in [1.29, 1.82) is 0 Å². The first-order valence-corrected chi connectivity index (χ1v) is 13.4. The fourth-order valence-electron chi connectivity index (χ4n) is 9.47. The van der Waals surface area contributed by atoms with Gasteiger partial charge in [0.15, 0.2) is 0 Å². The van der Waals surface area contributed by atoms with Crippen LogP contribution in [0.2, 0.25) is 0 Å². The Morgan fingerprint density at radius 2 is 1.68 bits per heavy atom. The van der Waals surface area contributed by atoms with Gasteiger partial charge in [-0.2, -0.15) is 0 Å². The second-order valence-electron chi connectivity index (χ2n) is 13.6. The summed E-state index contributed by atoms with van der Waals surface area (Å²) in [5.41, 5.74) is 6.41. The molecule has 4 aliphatic rings. The summed E-state index contributed by atoms with van der Waals surface area (Å²) in [6.45, 7) is 19.6. The second-order valence-corrected chi connectivity index (χ2v) is 13.6. The van der Waals surface area contributed by atoms with E-state index in [1.165, 1.54) is 63.4 Å². The van der Waals surface area contributed by atoms with Crippen LogP contribution in [0.5, 0.6) is 0 Å². The van der Waals surface area contributed by atoms with Gasteiger partial charge in [0, 0.05) is 0 Å². The van der Waals surface area contributed by atoms with Gasteiger partial charge in [-0.1, -0.05) is 64.3 Å².